The zero-order valence-corrected chi connectivity index (χ0v) is 13.9. The number of carbonyl (C=O) groups excluding carboxylic acids is 2. The molecular formula is C16H31N3O2. The number of likely N-dealkylation sites (tertiary alicyclic amines) is 1. The zero-order chi connectivity index (χ0) is 15.7. The Bertz CT molecular complexity index is 327. The van der Waals surface area contributed by atoms with E-state index in [2.05, 4.69) is 19.2 Å². The van der Waals surface area contributed by atoms with Crippen LogP contribution in [0.15, 0.2) is 0 Å². The normalized spacial score (nSPS) is 18.0. The lowest BCUT2D eigenvalue weighted by Crippen LogP contribution is -2.41. The van der Waals surface area contributed by atoms with Gasteiger partial charge in [-0.3, -0.25) is 9.59 Å². The Morgan fingerprint density at radius 3 is 2.43 bits per heavy atom. The second kappa shape index (κ2) is 9.77. The van der Waals surface area contributed by atoms with Crippen LogP contribution in [0.25, 0.3) is 0 Å². The topological polar surface area (TPSA) is 52.7 Å². The van der Waals surface area contributed by atoms with E-state index < -0.39 is 0 Å². The molecule has 1 N–H and O–H groups in total. The molecule has 21 heavy (non-hydrogen) atoms. The molecule has 1 rings (SSSR count). The van der Waals surface area contributed by atoms with Gasteiger partial charge in [-0.2, -0.15) is 0 Å². The van der Waals surface area contributed by atoms with Crippen LogP contribution in [0.3, 0.4) is 0 Å². The molecule has 1 saturated heterocycles. The Balaban J connectivity index is 2.42. The minimum absolute atomic E-state index is 0.122. The van der Waals surface area contributed by atoms with Crippen LogP contribution in [0, 0.1) is 0 Å². The third-order valence-corrected chi connectivity index (χ3v) is 4.03. The van der Waals surface area contributed by atoms with Gasteiger partial charge < -0.3 is 15.1 Å². The summed E-state index contributed by atoms with van der Waals surface area (Å²) in [6.07, 6.45) is 4.78. The molecule has 1 atom stereocenters. The number of nitrogens with zero attached hydrogens (tertiary/aromatic N) is 2. The van der Waals surface area contributed by atoms with Gasteiger partial charge in [0.25, 0.3) is 0 Å². The van der Waals surface area contributed by atoms with Gasteiger partial charge in [-0.1, -0.05) is 13.8 Å². The summed E-state index contributed by atoms with van der Waals surface area (Å²) in [5.74, 6) is 0.255. The second-order valence-electron chi connectivity index (χ2n) is 5.82. The van der Waals surface area contributed by atoms with E-state index in [-0.39, 0.29) is 11.8 Å². The standard InChI is InChI=1S/C16H31N3O2/c1-4-10-18(11-5-2)15(20)8-9-16(21)19-12-6-7-14(19)13-17-3/h14,17H,4-13H2,1-3H3. The molecule has 0 bridgehead atoms. The third-order valence-electron chi connectivity index (χ3n) is 4.03. The maximum atomic E-state index is 12.3. The molecule has 0 spiro atoms. The van der Waals surface area contributed by atoms with Crippen LogP contribution in [0.1, 0.15) is 52.4 Å². The number of carbonyl (C=O) groups is 2. The average molecular weight is 297 g/mol. The fourth-order valence-electron chi connectivity index (χ4n) is 3.03. The molecule has 2 amide bonds. The fourth-order valence-corrected chi connectivity index (χ4v) is 3.03. The molecule has 1 fully saturated rings. The number of hydrogen-bond acceptors (Lipinski definition) is 3. The van der Waals surface area contributed by atoms with Crippen molar-refractivity contribution in [1.82, 2.24) is 15.1 Å². The van der Waals surface area contributed by atoms with Crippen molar-refractivity contribution in [2.45, 2.75) is 58.4 Å². The first-order valence-electron chi connectivity index (χ1n) is 8.35. The molecule has 0 saturated carbocycles. The molecule has 0 aromatic rings. The molecule has 0 aromatic carbocycles. The highest BCUT2D eigenvalue weighted by Crippen LogP contribution is 2.18. The second-order valence-corrected chi connectivity index (χ2v) is 5.82. The van der Waals surface area contributed by atoms with E-state index in [0.29, 0.717) is 18.9 Å². The monoisotopic (exact) mass is 297 g/mol. The van der Waals surface area contributed by atoms with E-state index in [1.165, 1.54) is 0 Å². The number of hydrogen-bond donors (Lipinski definition) is 1. The highest BCUT2D eigenvalue weighted by Gasteiger charge is 2.28. The Labute approximate surface area is 129 Å². The maximum absolute atomic E-state index is 12.3. The molecule has 0 radical (unpaired) electrons. The summed E-state index contributed by atoms with van der Waals surface area (Å²) < 4.78 is 0. The van der Waals surface area contributed by atoms with Crippen LogP contribution in [0.2, 0.25) is 0 Å². The zero-order valence-electron chi connectivity index (χ0n) is 13.9. The summed E-state index contributed by atoms with van der Waals surface area (Å²) in [7, 11) is 1.91. The predicted molar refractivity (Wildman–Crippen MR) is 85.1 cm³/mol. The highest BCUT2D eigenvalue weighted by molar-refractivity contribution is 5.84. The van der Waals surface area contributed by atoms with Crippen molar-refractivity contribution < 1.29 is 9.59 Å². The maximum Gasteiger partial charge on any atom is 0.223 e. The predicted octanol–water partition coefficient (Wildman–Crippen LogP) is 1.63. The van der Waals surface area contributed by atoms with Crippen LogP contribution in [-0.2, 0) is 9.59 Å². The van der Waals surface area contributed by atoms with Gasteiger partial charge in [0, 0.05) is 45.1 Å². The van der Waals surface area contributed by atoms with Crippen molar-refractivity contribution in [2.75, 3.05) is 33.2 Å². The average Bonchev–Trinajstić information content (AvgIpc) is 2.93. The Morgan fingerprint density at radius 1 is 1.19 bits per heavy atom. The molecule has 1 unspecified atom stereocenters. The van der Waals surface area contributed by atoms with E-state index in [0.717, 1.165) is 51.9 Å². The summed E-state index contributed by atoms with van der Waals surface area (Å²) in [6, 6.07) is 0.306. The van der Waals surface area contributed by atoms with Gasteiger partial charge in [-0.25, -0.2) is 0 Å². The van der Waals surface area contributed by atoms with Crippen molar-refractivity contribution >= 4 is 11.8 Å². The molecule has 1 aliphatic rings. The van der Waals surface area contributed by atoms with E-state index in [9.17, 15) is 9.59 Å². The van der Waals surface area contributed by atoms with Crippen LogP contribution in [0.4, 0.5) is 0 Å². The Kier molecular flexibility index (Phi) is 8.35. The fraction of sp³-hybridized carbons (Fsp3) is 0.875. The number of amides is 2. The van der Waals surface area contributed by atoms with E-state index in [1.807, 2.05) is 16.8 Å². The van der Waals surface area contributed by atoms with Crippen LogP contribution in [0.5, 0.6) is 0 Å². The minimum atomic E-state index is 0.122. The minimum Gasteiger partial charge on any atom is -0.343 e. The van der Waals surface area contributed by atoms with Gasteiger partial charge in [0.1, 0.15) is 0 Å². The Morgan fingerprint density at radius 2 is 1.86 bits per heavy atom. The van der Waals surface area contributed by atoms with Gasteiger partial charge in [0.15, 0.2) is 0 Å². The number of nitrogens with one attached hydrogen (secondary N) is 1. The van der Waals surface area contributed by atoms with Gasteiger partial charge in [0.2, 0.25) is 11.8 Å². The van der Waals surface area contributed by atoms with Crippen LogP contribution in [-0.4, -0.2) is 60.9 Å². The molecule has 5 heteroatoms. The van der Waals surface area contributed by atoms with Crippen molar-refractivity contribution in [3.05, 3.63) is 0 Å². The summed E-state index contributed by atoms with van der Waals surface area (Å²) in [4.78, 5) is 28.3. The van der Waals surface area contributed by atoms with E-state index in [1.54, 1.807) is 0 Å². The Hall–Kier alpha value is -1.10. The molecule has 1 aliphatic heterocycles. The van der Waals surface area contributed by atoms with Crippen molar-refractivity contribution in [1.29, 1.82) is 0 Å². The van der Waals surface area contributed by atoms with Crippen molar-refractivity contribution in [3.63, 3.8) is 0 Å². The van der Waals surface area contributed by atoms with Crippen LogP contribution >= 0.6 is 0 Å². The van der Waals surface area contributed by atoms with Gasteiger partial charge >= 0.3 is 0 Å². The smallest absolute Gasteiger partial charge is 0.223 e. The molecule has 122 valence electrons. The lowest BCUT2D eigenvalue weighted by Gasteiger charge is -2.25. The summed E-state index contributed by atoms with van der Waals surface area (Å²) >= 11 is 0. The first kappa shape index (κ1) is 18.0. The lowest BCUT2D eigenvalue weighted by molar-refractivity contribution is -0.137. The van der Waals surface area contributed by atoms with E-state index in [4.69, 9.17) is 0 Å². The highest BCUT2D eigenvalue weighted by atomic mass is 16.2. The van der Waals surface area contributed by atoms with Gasteiger partial charge in [-0.05, 0) is 32.7 Å². The van der Waals surface area contributed by atoms with Crippen LogP contribution < -0.4 is 5.32 Å². The van der Waals surface area contributed by atoms with Gasteiger partial charge in [0.05, 0.1) is 0 Å². The largest absolute Gasteiger partial charge is 0.343 e. The van der Waals surface area contributed by atoms with E-state index >= 15 is 0 Å². The lowest BCUT2D eigenvalue weighted by atomic mass is 10.2. The van der Waals surface area contributed by atoms with Crippen molar-refractivity contribution in [2.24, 2.45) is 0 Å². The quantitative estimate of drug-likeness (QED) is 0.704. The molecule has 5 nitrogen and oxygen atoms in total. The molecule has 1 heterocycles. The van der Waals surface area contributed by atoms with Crippen molar-refractivity contribution in [3.8, 4) is 0 Å². The summed E-state index contributed by atoms with van der Waals surface area (Å²) in [5.41, 5.74) is 0. The SMILES string of the molecule is CCCN(CCC)C(=O)CCC(=O)N1CCCC1CNC. The number of likely N-dealkylation sites (N-methyl/N-ethyl adjacent to an activating group) is 1. The summed E-state index contributed by atoms with van der Waals surface area (Å²) in [5, 5.41) is 3.14. The summed E-state index contributed by atoms with van der Waals surface area (Å²) in [6.45, 7) is 7.44. The molecular weight excluding hydrogens is 266 g/mol. The number of rotatable bonds is 9. The van der Waals surface area contributed by atoms with Gasteiger partial charge in [-0.15, -0.1) is 0 Å². The first-order chi connectivity index (χ1) is 10.1. The molecule has 0 aromatic heterocycles. The molecule has 0 aliphatic carbocycles. The third kappa shape index (κ3) is 5.65. The first-order valence-corrected chi connectivity index (χ1v) is 8.35.